The standard InChI is InChI=1S/C60H121N2O6P/c1-7-10-13-16-19-22-25-28-31-33-35-38-41-44-47-50-53-61(60(63)52-49-46-43-40-37-34-32-29-26-23-20-17-14-11-8-2)57-59(68-69(64,65)67-56-54-62(4,5)6)58-66-55-51-48-45-42-39-36-30-27-24-21-18-15-12-9-3/h29,32,59H,7-28,30-31,33-58H2,1-6H3/p+1. The molecule has 0 heterocycles. The molecule has 1 N–H and O–H groups in total. The first-order valence-electron chi connectivity index (χ1n) is 30.5. The van der Waals surface area contributed by atoms with Gasteiger partial charge in [-0.1, -0.05) is 264 Å². The van der Waals surface area contributed by atoms with E-state index in [0.717, 1.165) is 51.4 Å². The van der Waals surface area contributed by atoms with E-state index in [4.69, 9.17) is 13.8 Å². The molecule has 412 valence electrons. The fourth-order valence-electron chi connectivity index (χ4n) is 9.30. The van der Waals surface area contributed by atoms with E-state index in [1.807, 2.05) is 26.0 Å². The number of nitrogens with zero attached hydrogens (tertiary/aromatic N) is 2. The van der Waals surface area contributed by atoms with Crippen LogP contribution in [0.5, 0.6) is 0 Å². The Labute approximate surface area is 431 Å². The van der Waals surface area contributed by atoms with Crippen molar-refractivity contribution in [1.29, 1.82) is 0 Å². The number of amides is 1. The van der Waals surface area contributed by atoms with E-state index >= 15 is 0 Å². The smallest absolute Gasteiger partial charge is 0.379 e. The number of phosphoric acid groups is 1. The number of rotatable bonds is 57. The van der Waals surface area contributed by atoms with E-state index in [0.29, 0.717) is 30.6 Å². The van der Waals surface area contributed by atoms with Gasteiger partial charge < -0.3 is 19.0 Å². The molecule has 0 rings (SSSR count). The number of hydrogen-bond acceptors (Lipinski definition) is 5. The van der Waals surface area contributed by atoms with Crippen LogP contribution in [0.4, 0.5) is 0 Å². The van der Waals surface area contributed by atoms with E-state index in [2.05, 4.69) is 32.9 Å². The van der Waals surface area contributed by atoms with E-state index in [9.17, 15) is 14.3 Å². The number of phosphoric ester groups is 1. The lowest BCUT2D eigenvalue weighted by Gasteiger charge is -2.29. The Morgan fingerprint density at radius 3 is 1.23 bits per heavy atom. The zero-order valence-corrected chi connectivity index (χ0v) is 48.3. The maximum absolute atomic E-state index is 13.9. The summed E-state index contributed by atoms with van der Waals surface area (Å²) in [5.41, 5.74) is 0. The van der Waals surface area contributed by atoms with Crippen LogP contribution in [-0.2, 0) is 23.1 Å². The van der Waals surface area contributed by atoms with Crippen molar-refractivity contribution in [3.63, 3.8) is 0 Å². The molecule has 0 aliphatic carbocycles. The third kappa shape index (κ3) is 53.4. The van der Waals surface area contributed by atoms with E-state index in [1.165, 1.54) is 225 Å². The van der Waals surface area contributed by atoms with E-state index in [1.54, 1.807) is 0 Å². The largest absolute Gasteiger partial charge is 0.472 e. The van der Waals surface area contributed by atoms with Gasteiger partial charge in [-0.15, -0.1) is 0 Å². The Kier molecular flexibility index (Phi) is 51.5. The Bertz CT molecular complexity index is 1130. The van der Waals surface area contributed by atoms with E-state index in [-0.39, 0.29) is 25.7 Å². The minimum Gasteiger partial charge on any atom is -0.379 e. The molecule has 0 radical (unpaired) electrons. The molecule has 0 spiro atoms. The second kappa shape index (κ2) is 52.1. The molecule has 9 heteroatoms. The zero-order chi connectivity index (χ0) is 50.6. The Balaban J connectivity index is 5.09. The van der Waals surface area contributed by atoms with Gasteiger partial charge in [-0.05, 0) is 44.9 Å². The third-order valence-corrected chi connectivity index (χ3v) is 15.0. The molecule has 0 bridgehead atoms. The first-order valence-corrected chi connectivity index (χ1v) is 32.0. The molecular formula is C60H122N2O6P+. The third-order valence-electron chi connectivity index (χ3n) is 14.0. The monoisotopic (exact) mass is 998 g/mol. The number of carbonyl (C=O) groups excluding carboxylic acids is 1. The van der Waals surface area contributed by atoms with Crippen molar-refractivity contribution in [2.24, 2.45) is 0 Å². The van der Waals surface area contributed by atoms with Crippen molar-refractivity contribution >= 4 is 13.7 Å². The first-order chi connectivity index (χ1) is 33.5. The summed E-state index contributed by atoms with van der Waals surface area (Å²) >= 11 is 0. The summed E-state index contributed by atoms with van der Waals surface area (Å²) < 4.78 is 31.4. The molecule has 0 aromatic carbocycles. The minimum absolute atomic E-state index is 0.112. The molecule has 0 aromatic rings. The first kappa shape index (κ1) is 68.2. The normalized spacial score (nSPS) is 13.4. The number of quaternary nitrogens is 1. The highest BCUT2D eigenvalue weighted by Gasteiger charge is 2.30. The van der Waals surface area contributed by atoms with Crippen molar-refractivity contribution in [3.05, 3.63) is 12.2 Å². The quantitative estimate of drug-likeness (QED) is 0.0283. The predicted octanol–water partition coefficient (Wildman–Crippen LogP) is 18.8. The summed E-state index contributed by atoms with van der Waals surface area (Å²) in [6.07, 6.45) is 59.6. The van der Waals surface area contributed by atoms with Crippen LogP contribution < -0.4 is 0 Å². The molecule has 2 unspecified atom stereocenters. The predicted molar refractivity (Wildman–Crippen MR) is 300 cm³/mol. The van der Waals surface area contributed by atoms with Gasteiger partial charge in [0.1, 0.15) is 19.3 Å². The highest BCUT2D eigenvalue weighted by Crippen LogP contribution is 2.44. The fourth-order valence-corrected chi connectivity index (χ4v) is 10.2. The number of ether oxygens (including phenoxy) is 1. The van der Waals surface area contributed by atoms with E-state index < -0.39 is 13.9 Å². The molecule has 0 saturated heterocycles. The summed E-state index contributed by atoms with van der Waals surface area (Å²) in [6, 6.07) is 0. The Hall–Kier alpha value is -0.760. The number of carbonyl (C=O) groups is 1. The summed E-state index contributed by atoms with van der Waals surface area (Å²) in [5, 5.41) is 0. The molecule has 8 nitrogen and oxygen atoms in total. The van der Waals surface area contributed by atoms with Crippen LogP contribution in [0.25, 0.3) is 0 Å². The average Bonchev–Trinajstić information content (AvgIpc) is 3.31. The highest BCUT2D eigenvalue weighted by molar-refractivity contribution is 7.47. The Morgan fingerprint density at radius 1 is 0.493 bits per heavy atom. The molecule has 0 aromatic heterocycles. The van der Waals surface area contributed by atoms with Gasteiger partial charge in [0.25, 0.3) is 0 Å². The van der Waals surface area contributed by atoms with Crippen molar-refractivity contribution in [1.82, 2.24) is 4.90 Å². The van der Waals surface area contributed by atoms with Crippen LogP contribution in [0.3, 0.4) is 0 Å². The van der Waals surface area contributed by atoms with Gasteiger partial charge in [0, 0.05) is 26.1 Å². The molecule has 1 amide bonds. The number of unbranched alkanes of at least 4 members (excludes halogenated alkanes) is 39. The topological polar surface area (TPSA) is 85.3 Å². The molecule has 2 atom stereocenters. The molecule has 0 fully saturated rings. The second-order valence-electron chi connectivity index (χ2n) is 22.2. The number of hydrogen-bond donors (Lipinski definition) is 1. The fraction of sp³-hybridized carbons (Fsp3) is 0.950. The van der Waals surface area contributed by atoms with Gasteiger partial charge in [0.15, 0.2) is 0 Å². The molecular weight excluding hydrogens is 876 g/mol. The molecule has 0 aliphatic heterocycles. The van der Waals surface area contributed by atoms with Crippen LogP contribution >= 0.6 is 7.82 Å². The summed E-state index contributed by atoms with van der Waals surface area (Å²) in [4.78, 5) is 26.7. The number of allylic oxidation sites excluding steroid dienone is 2. The van der Waals surface area contributed by atoms with Crippen LogP contribution in [0.1, 0.15) is 303 Å². The lowest BCUT2D eigenvalue weighted by Crippen LogP contribution is -2.41. The van der Waals surface area contributed by atoms with Crippen LogP contribution in [0, 0.1) is 0 Å². The lowest BCUT2D eigenvalue weighted by molar-refractivity contribution is -0.870. The van der Waals surface area contributed by atoms with Crippen LogP contribution in [0.15, 0.2) is 12.2 Å². The second-order valence-corrected chi connectivity index (χ2v) is 23.6. The van der Waals surface area contributed by atoms with Crippen molar-refractivity contribution in [2.75, 3.05) is 60.6 Å². The van der Waals surface area contributed by atoms with Gasteiger partial charge in [-0.3, -0.25) is 13.8 Å². The van der Waals surface area contributed by atoms with Crippen molar-refractivity contribution in [2.45, 2.75) is 309 Å². The zero-order valence-electron chi connectivity index (χ0n) is 47.4. The highest BCUT2D eigenvalue weighted by atomic mass is 31.2. The van der Waals surface area contributed by atoms with Crippen molar-refractivity contribution in [3.8, 4) is 0 Å². The lowest BCUT2D eigenvalue weighted by atomic mass is 10.0. The Morgan fingerprint density at radius 2 is 0.841 bits per heavy atom. The maximum atomic E-state index is 13.9. The summed E-state index contributed by atoms with van der Waals surface area (Å²) in [7, 11) is 1.72. The summed E-state index contributed by atoms with van der Waals surface area (Å²) in [5.74, 6) is 0.118. The van der Waals surface area contributed by atoms with Crippen molar-refractivity contribution < 1.29 is 32.5 Å². The van der Waals surface area contributed by atoms with Crippen LogP contribution in [0.2, 0.25) is 0 Å². The van der Waals surface area contributed by atoms with Gasteiger partial charge in [-0.2, -0.15) is 0 Å². The van der Waals surface area contributed by atoms with Gasteiger partial charge in [-0.25, -0.2) is 4.57 Å². The van der Waals surface area contributed by atoms with Crippen LogP contribution in [-0.4, -0.2) is 86.9 Å². The van der Waals surface area contributed by atoms with Gasteiger partial charge in [0.05, 0.1) is 27.7 Å². The summed E-state index contributed by atoms with van der Waals surface area (Å²) in [6.45, 7) is 9.16. The van der Waals surface area contributed by atoms with Gasteiger partial charge >= 0.3 is 7.82 Å². The molecule has 0 saturated carbocycles. The molecule has 69 heavy (non-hydrogen) atoms. The molecule has 0 aliphatic rings. The SMILES string of the molecule is CCCCCCCCC=CCCCCCCCC(=O)N(CCCCCCCCCCCCCCCCCC)CC(COCCCCCCCCCCCCCCCC)OP(=O)(O)OCC[N+](C)(C)C. The average molecular weight is 999 g/mol. The maximum Gasteiger partial charge on any atom is 0.472 e. The number of likely N-dealkylation sites (N-methyl/N-ethyl adjacent to an activating group) is 1. The minimum atomic E-state index is -4.36. The van der Waals surface area contributed by atoms with Gasteiger partial charge in [0.2, 0.25) is 5.91 Å².